The molecule has 0 aliphatic carbocycles. The molecule has 0 aliphatic rings. The Kier molecular flexibility index (Phi) is 3.68. The molecule has 0 saturated carbocycles. The zero-order chi connectivity index (χ0) is 11.4. The van der Waals surface area contributed by atoms with Crippen molar-refractivity contribution >= 4 is 5.97 Å². The number of halogens is 2. The molecule has 0 fully saturated rings. The van der Waals surface area contributed by atoms with Gasteiger partial charge in [-0.05, 0) is 11.6 Å². The van der Waals surface area contributed by atoms with Gasteiger partial charge in [0.2, 0.25) is 0 Å². The van der Waals surface area contributed by atoms with Gasteiger partial charge in [0.25, 0.3) is 6.43 Å². The molecule has 0 radical (unpaired) electrons. The Hall–Kier alpha value is -1.56. The number of hydrogen-bond donors (Lipinski definition) is 1. The second-order valence-corrected chi connectivity index (χ2v) is 2.82. The lowest BCUT2D eigenvalue weighted by Crippen LogP contribution is -2.07. The fourth-order valence-electron chi connectivity index (χ4n) is 1.12. The van der Waals surface area contributed by atoms with Crippen LogP contribution in [0.25, 0.3) is 0 Å². The number of rotatable bonds is 4. The molecule has 1 N–H and O–H groups in total. The summed E-state index contributed by atoms with van der Waals surface area (Å²) in [4.78, 5) is 14.0. The zero-order valence-electron chi connectivity index (χ0n) is 7.91. The first-order valence-corrected chi connectivity index (χ1v) is 4.05. The van der Waals surface area contributed by atoms with Crippen molar-refractivity contribution in [3.63, 3.8) is 0 Å². The van der Waals surface area contributed by atoms with E-state index in [0.29, 0.717) is 5.56 Å². The van der Waals surface area contributed by atoms with Crippen LogP contribution in [-0.2, 0) is 11.3 Å². The number of alkyl halides is 2. The average Bonchev–Trinajstić information content (AvgIpc) is 2.17. The minimum atomic E-state index is -2.86. The van der Waals surface area contributed by atoms with Crippen LogP contribution in [0.3, 0.4) is 0 Å². The number of carboxylic acids is 1. The highest BCUT2D eigenvalue weighted by Gasteiger charge is 2.19. The quantitative estimate of drug-likeness (QED) is 0.836. The summed E-state index contributed by atoms with van der Waals surface area (Å²) >= 11 is 0. The topological polar surface area (TPSA) is 59.4 Å². The van der Waals surface area contributed by atoms with Crippen molar-refractivity contribution in [2.75, 3.05) is 7.11 Å². The maximum atomic E-state index is 12.5. The molecule has 0 spiro atoms. The van der Waals surface area contributed by atoms with Crippen molar-refractivity contribution < 1.29 is 23.4 Å². The molecule has 0 bridgehead atoms. The van der Waals surface area contributed by atoms with Crippen molar-refractivity contribution in [1.29, 1.82) is 0 Å². The Bertz CT molecular complexity index is 368. The van der Waals surface area contributed by atoms with Crippen LogP contribution in [0.4, 0.5) is 8.78 Å². The molecule has 0 unspecified atom stereocenters. The fourth-order valence-corrected chi connectivity index (χ4v) is 1.12. The van der Waals surface area contributed by atoms with E-state index >= 15 is 0 Å². The van der Waals surface area contributed by atoms with Crippen LogP contribution in [0, 0.1) is 0 Å². The van der Waals surface area contributed by atoms with E-state index in [2.05, 4.69) is 4.98 Å². The number of hydrogen-bond acceptors (Lipinski definition) is 3. The van der Waals surface area contributed by atoms with Gasteiger partial charge >= 0.3 is 5.97 Å². The van der Waals surface area contributed by atoms with E-state index in [1.807, 2.05) is 0 Å². The third kappa shape index (κ3) is 2.69. The summed E-state index contributed by atoms with van der Waals surface area (Å²) in [7, 11) is 1.41. The Balaban J connectivity index is 3.15. The van der Waals surface area contributed by atoms with E-state index in [0.717, 1.165) is 6.07 Å². The third-order valence-electron chi connectivity index (χ3n) is 1.72. The van der Waals surface area contributed by atoms with Crippen LogP contribution >= 0.6 is 0 Å². The smallest absolute Gasteiger partial charge is 0.354 e. The number of aromatic nitrogens is 1. The molecule has 0 atom stereocenters. The summed E-state index contributed by atoms with van der Waals surface area (Å²) < 4.78 is 29.7. The Morgan fingerprint density at radius 1 is 1.67 bits per heavy atom. The number of methoxy groups -OCH3 is 1. The standard InChI is InChI=1S/C9H9F2NO3/c1-15-4-5-2-6(8(10)11)7(9(13)14)12-3-5/h2-3,8H,4H2,1H3,(H,13,14). The largest absolute Gasteiger partial charge is 0.476 e. The van der Waals surface area contributed by atoms with Gasteiger partial charge in [0, 0.05) is 13.3 Å². The molecule has 0 amide bonds. The Labute approximate surface area is 84.5 Å². The maximum absolute atomic E-state index is 12.5. The summed E-state index contributed by atoms with van der Waals surface area (Å²) in [6, 6.07) is 1.09. The molecule has 82 valence electrons. The monoisotopic (exact) mass is 217 g/mol. The Morgan fingerprint density at radius 2 is 2.33 bits per heavy atom. The van der Waals surface area contributed by atoms with Crippen molar-refractivity contribution in [3.05, 3.63) is 29.1 Å². The number of carboxylic acid groups (broad SMARTS) is 1. The van der Waals surface area contributed by atoms with Gasteiger partial charge in [0.1, 0.15) is 0 Å². The van der Waals surface area contributed by atoms with E-state index in [1.54, 1.807) is 0 Å². The van der Waals surface area contributed by atoms with Gasteiger partial charge in [-0.1, -0.05) is 0 Å². The highest BCUT2D eigenvalue weighted by Crippen LogP contribution is 2.22. The molecule has 1 aromatic rings. The van der Waals surface area contributed by atoms with E-state index in [-0.39, 0.29) is 6.61 Å². The molecule has 1 aromatic heterocycles. The molecule has 15 heavy (non-hydrogen) atoms. The first-order valence-electron chi connectivity index (χ1n) is 4.05. The predicted octanol–water partition coefficient (Wildman–Crippen LogP) is 1.86. The number of nitrogens with zero attached hydrogens (tertiary/aromatic N) is 1. The van der Waals surface area contributed by atoms with Crippen LogP contribution in [0.1, 0.15) is 28.0 Å². The maximum Gasteiger partial charge on any atom is 0.354 e. The van der Waals surface area contributed by atoms with Gasteiger partial charge in [-0.15, -0.1) is 0 Å². The van der Waals surface area contributed by atoms with E-state index in [9.17, 15) is 13.6 Å². The second kappa shape index (κ2) is 4.79. The first-order chi connectivity index (χ1) is 7.06. The summed E-state index contributed by atoms with van der Waals surface area (Å²) in [5.41, 5.74) is -0.792. The van der Waals surface area contributed by atoms with E-state index in [1.165, 1.54) is 13.3 Å². The molecule has 6 heteroatoms. The first kappa shape index (κ1) is 11.5. The molecule has 0 aliphatic heterocycles. The van der Waals surface area contributed by atoms with Crippen LogP contribution in [0.2, 0.25) is 0 Å². The minimum Gasteiger partial charge on any atom is -0.476 e. The van der Waals surface area contributed by atoms with Crippen LogP contribution in [0.5, 0.6) is 0 Å². The van der Waals surface area contributed by atoms with Gasteiger partial charge in [-0.2, -0.15) is 0 Å². The number of carbonyl (C=O) groups is 1. The second-order valence-electron chi connectivity index (χ2n) is 2.82. The van der Waals surface area contributed by atoms with Gasteiger partial charge in [0.15, 0.2) is 5.69 Å². The molecule has 0 saturated heterocycles. The van der Waals surface area contributed by atoms with Crippen molar-refractivity contribution in [2.45, 2.75) is 13.0 Å². The summed E-state index contributed by atoms with van der Waals surface area (Å²) in [5.74, 6) is -1.46. The number of pyridine rings is 1. The van der Waals surface area contributed by atoms with Crippen LogP contribution in [0.15, 0.2) is 12.3 Å². The molecule has 1 heterocycles. The summed E-state index contributed by atoms with van der Waals surface area (Å²) in [6.45, 7) is 0.118. The average molecular weight is 217 g/mol. The SMILES string of the molecule is COCc1cnc(C(=O)O)c(C(F)F)c1. The summed E-state index contributed by atoms with van der Waals surface area (Å²) in [6.07, 6.45) is -1.65. The third-order valence-corrected chi connectivity index (χ3v) is 1.72. The predicted molar refractivity (Wildman–Crippen MR) is 46.9 cm³/mol. The van der Waals surface area contributed by atoms with E-state index < -0.39 is 23.7 Å². The van der Waals surface area contributed by atoms with Gasteiger partial charge in [-0.25, -0.2) is 18.6 Å². The molecule has 0 aromatic carbocycles. The van der Waals surface area contributed by atoms with Crippen LogP contribution in [-0.4, -0.2) is 23.2 Å². The zero-order valence-corrected chi connectivity index (χ0v) is 7.91. The normalized spacial score (nSPS) is 10.7. The Morgan fingerprint density at radius 3 is 2.80 bits per heavy atom. The van der Waals surface area contributed by atoms with Crippen molar-refractivity contribution in [3.8, 4) is 0 Å². The minimum absolute atomic E-state index is 0.118. The van der Waals surface area contributed by atoms with Gasteiger partial charge < -0.3 is 9.84 Å². The lowest BCUT2D eigenvalue weighted by Gasteiger charge is -2.06. The van der Waals surface area contributed by atoms with Gasteiger partial charge in [-0.3, -0.25) is 0 Å². The molecular weight excluding hydrogens is 208 g/mol. The van der Waals surface area contributed by atoms with E-state index in [4.69, 9.17) is 9.84 Å². The number of aromatic carboxylic acids is 1. The summed E-state index contributed by atoms with van der Waals surface area (Å²) in [5, 5.41) is 8.61. The van der Waals surface area contributed by atoms with Crippen LogP contribution < -0.4 is 0 Å². The molecule has 1 rings (SSSR count). The lowest BCUT2D eigenvalue weighted by molar-refractivity contribution is 0.0676. The highest BCUT2D eigenvalue weighted by atomic mass is 19.3. The molecular formula is C9H9F2NO3. The van der Waals surface area contributed by atoms with Crippen molar-refractivity contribution in [2.24, 2.45) is 0 Å². The van der Waals surface area contributed by atoms with Gasteiger partial charge in [0.05, 0.1) is 12.2 Å². The van der Waals surface area contributed by atoms with Crippen molar-refractivity contribution in [1.82, 2.24) is 4.98 Å². The number of ether oxygens (including phenoxy) is 1. The lowest BCUT2D eigenvalue weighted by atomic mass is 10.1. The highest BCUT2D eigenvalue weighted by molar-refractivity contribution is 5.87. The molecule has 4 nitrogen and oxygen atoms in total. The fraction of sp³-hybridized carbons (Fsp3) is 0.333.